The molecule has 3 heteroatoms. The maximum absolute atomic E-state index is 5.36. The monoisotopic (exact) mass is 741 g/mol. The highest BCUT2D eigenvalue weighted by Crippen LogP contribution is 2.40. The van der Waals surface area contributed by atoms with Crippen molar-refractivity contribution in [1.82, 2.24) is 15.0 Å². The van der Waals surface area contributed by atoms with E-state index in [1.54, 1.807) is 0 Å². The number of benzene rings is 8. The molecule has 274 valence electrons. The Morgan fingerprint density at radius 2 is 0.759 bits per heavy atom. The third-order valence-corrected chi connectivity index (χ3v) is 11.1. The van der Waals surface area contributed by atoms with Crippen LogP contribution in [0.5, 0.6) is 0 Å². The van der Waals surface area contributed by atoms with Crippen LogP contribution in [-0.4, -0.2) is 15.0 Å². The molecule has 0 aliphatic heterocycles. The molecule has 8 aromatic carbocycles. The molecular formula is C55H39N3. The molecule has 0 amide bonds. The molecule has 0 aliphatic carbocycles. The van der Waals surface area contributed by atoms with E-state index in [1.165, 1.54) is 38.2 Å². The second kappa shape index (κ2) is 14.9. The summed E-state index contributed by atoms with van der Waals surface area (Å²) >= 11 is 0. The van der Waals surface area contributed by atoms with E-state index in [2.05, 4.69) is 195 Å². The first-order valence-electron chi connectivity index (χ1n) is 19.8. The van der Waals surface area contributed by atoms with Crippen LogP contribution in [0.2, 0.25) is 0 Å². The second-order valence-corrected chi connectivity index (χ2v) is 14.9. The van der Waals surface area contributed by atoms with Gasteiger partial charge in [0.15, 0.2) is 5.82 Å². The lowest BCUT2D eigenvalue weighted by atomic mass is 9.90. The zero-order valence-electron chi connectivity index (χ0n) is 32.4. The molecule has 0 spiro atoms. The van der Waals surface area contributed by atoms with Gasteiger partial charge in [-0.1, -0.05) is 164 Å². The van der Waals surface area contributed by atoms with Crippen molar-refractivity contribution in [1.29, 1.82) is 0 Å². The third kappa shape index (κ3) is 6.73. The maximum Gasteiger partial charge on any atom is 0.160 e. The topological polar surface area (TPSA) is 38.7 Å². The first-order valence-corrected chi connectivity index (χ1v) is 19.8. The van der Waals surface area contributed by atoms with Crippen LogP contribution >= 0.6 is 0 Å². The molecule has 0 unspecified atom stereocenters. The third-order valence-electron chi connectivity index (χ3n) is 11.1. The molecule has 0 saturated heterocycles. The van der Waals surface area contributed by atoms with Crippen LogP contribution in [0.25, 0.3) is 100.0 Å². The van der Waals surface area contributed by atoms with Crippen molar-refractivity contribution in [2.75, 3.05) is 0 Å². The predicted molar refractivity (Wildman–Crippen MR) is 242 cm³/mol. The summed E-state index contributed by atoms with van der Waals surface area (Å²) in [5.41, 5.74) is 15.8. The average Bonchev–Trinajstić information content (AvgIpc) is 3.29. The maximum atomic E-state index is 5.36. The Balaban J connectivity index is 1.18. The minimum atomic E-state index is 0.665. The highest BCUT2D eigenvalue weighted by molar-refractivity contribution is 6.14. The highest BCUT2D eigenvalue weighted by atomic mass is 14.9. The van der Waals surface area contributed by atoms with E-state index in [1.807, 2.05) is 19.1 Å². The molecule has 0 fully saturated rings. The highest BCUT2D eigenvalue weighted by Gasteiger charge is 2.17. The van der Waals surface area contributed by atoms with Crippen LogP contribution in [0.1, 0.15) is 11.4 Å². The van der Waals surface area contributed by atoms with Crippen molar-refractivity contribution in [3.63, 3.8) is 0 Å². The Morgan fingerprint density at radius 3 is 1.34 bits per heavy atom. The number of hydrogen-bond donors (Lipinski definition) is 0. The van der Waals surface area contributed by atoms with E-state index < -0.39 is 0 Å². The van der Waals surface area contributed by atoms with Gasteiger partial charge in [0.2, 0.25) is 0 Å². The zero-order chi connectivity index (χ0) is 39.0. The molecule has 0 radical (unpaired) electrons. The Morgan fingerprint density at radius 1 is 0.293 bits per heavy atom. The lowest BCUT2D eigenvalue weighted by Gasteiger charge is -2.16. The molecule has 2 heterocycles. The quantitative estimate of drug-likeness (QED) is 0.153. The minimum Gasteiger partial charge on any atom is -0.258 e. The van der Waals surface area contributed by atoms with Gasteiger partial charge in [0.05, 0.1) is 11.4 Å². The number of rotatable bonds is 7. The van der Waals surface area contributed by atoms with Gasteiger partial charge < -0.3 is 0 Å². The standard InChI is InChI=1S/C55H39N3/c1-36-21-30-48(37(2)56-36)45-31-46(52-34-44-17-9-10-18-49(44)50-19-11-12-20-51(50)52)33-47(32-45)55-57-53(42-26-22-40(23-27-42)38-13-5-3-6-14-38)35-54(58-55)43-28-24-41(25-29-43)39-15-7-4-8-16-39/h3-35H,1-2H3. The Kier molecular flexibility index (Phi) is 8.96. The summed E-state index contributed by atoms with van der Waals surface area (Å²) in [7, 11) is 0. The number of fused-ring (bicyclic) bond motifs is 3. The summed E-state index contributed by atoms with van der Waals surface area (Å²) < 4.78 is 0. The van der Waals surface area contributed by atoms with Crippen molar-refractivity contribution in [2.45, 2.75) is 13.8 Å². The fourth-order valence-electron chi connectivity index (χ4n) is 8.15. The van der Waals surface area contributed by atoms with Gasteiger partial charge in [0.25, 0.3) is 0 Å². The molecule has 2 aromatic heterocycles. The van der Waals surface area contributed by atoms with Gasteiger partial charge in [-0.2, -0.15) is 0 Å². The van der Waals surface area contributed by atoms with Crippen molar-refractivity contribution in [2.24, 2.45) is 0 Å². The minimum absolute atomic E-state index is 0.665. The van der Waals surface area contributed by atoms with E-state index in [4.69, 9.17) is 15.0 Å². The van der Waals surface area contributed by atoms with E-state index in [0.29, 0.717) is 5.82 Å². The fourth-order valence-corrected chi connectivity index (χ4v) is 8.15. The van der Waals surface area contributed by atoms with Crippen LogP contribution in [0.15, 0.2) is 200 Å². The Hall–Kier alpha value is -7.49. The molecule has 3 nitrogen and oxygen atoms in total. The molecule has 0 aliphatic rings. The lowest BCUT2D eigenvalue weighted by Crippen LogP contribution is -1.98. The molecule has 0 N–H and O–H groups in total. The van der Waals surface area contributed by atoms with Gasteiger partial charge in [0.1, 0.15) is 0 Å². The number of aryl methyl sites for hydroxylation is 2. The fraction of sp³-hybridized carbons (Fsp3) is 0.0364. The van der Waals surface area contributed by atoms with E-state index in [-0.39, 0.29) is 0 Å². The summed E-state index contributed by atoms with van der Waals surface area (Å²) in [5.74, 6) is 0.665. The van der Waals surface area contributed by atoms with Crippen molar-refractivity contribution in [3.8, 4) is 78.4 Å². The number of aromatic nitrogens is 3. The molecule has 0 atom stereocenters. The van der Waals surface area contributed by atoms with Crippen LogP contribution in [0, 0.1) is 13.8 Å². The lowest BCUT2D eigenvalue weighted by molar-refractivity contribution is 1.12. The summed E-state index contributed by atoms with van der Waals surface area (Å²) in [4.78, 5) is 15.6. The summed E-state index contributed by atoms with van der Waals surface area (Å²) in [6.07, 6.45) is 0. The van der Waals surface area contributed by atoms with Gasteiger partial charge in [-0.15, -0.1) is 0 Å². The van der Waals surface area contributed by atoms with Crippen molar-refractivity contribution >= 4 is 21.5 Å². The van der Waals surface area contributed by atoms with Gasteiger partial charge in [-0.3, -0.25) is 4.98 Å². The number of hydrogen-bond acceptors (Lipinski definition) is 3. The van der Waals surface area contributed by atoms with Gasteiger partial charge >= 0.3 is 0 Å². The zero-order valence-corrected chi connectivity index (χ0v) is 32.4. The van der Waals surface area contributed by atoms with Gasteiger partial charge in [-0.05, 0) is 111 Å². The Bertz CT molecular complexity index is 3000. The van der Waals surface area contributed by atoms with Crippen LogP contribution in [0.3, 0.4) is 0 Å². The van der Waals surface area contributed by atoms with E-state index in [9.17, 15) is 0 Å². The van der Waals surface area contributed by atoms with Gasteiger partial charge in [0, 0.05) is 33.6 Å². The SMILES string of the molecule is Cc1ccc(-c2cc(-c3nc(-c4ccc(-c5ccccc5)cc4)cc(-c4ccc(-c5ccccc5)cc4)n3)cc(-c3cc4ccccc4c4ccccc34)c2)c(C)n1. The second-order valence-electron chi connectivity index (χ2n) is 14.9. The first kappa shape index (κ1) is 35.0. The largest absolute Gasteiger partial charge is 0.258 e. The van der Waals surface area contributed by atoms with E-state index in [0.717, 1.165) is 67.3 Å². The average molecular weight is 742 g/mol. The van der Waals surface area contributed by atoms with E-state index >= 15 is 0 Å². The van der Waals surface area contributed by atoms with Crippen molar-refractivity contribution < 1.29 is 0 Å². The first-order chi connectivity index (χ1) is 28.5. The molecular weight excluding hydrogens is 703 g/mol. The van der Waals surface area contributed by atoms with Crippen LogP contribution in [0.4, 0.5) is 0 Å². The summed E-state index contributed by atoms with van der Waals surface area (Å²) in [5, 5.41) is 4.88. The molecule has 58 heavy (non-hydrogen) atoms. The van der Waals surface area contributed by atoms with Gasteiger partial charge in [-0.25, -0.2) is 9.97 Å². The van der Waals surface area contributed by atoms with Crippen LogP contribution in [-0.2, 0) is 0 Å². The van der Waals surface area contributed by atoms with Crippen molar-refractivity contribution in [3.05, 3.63) is 212 Å². The summed E-state index contributed by atoms with van der Waals surface area (Å²) in [6.45, 7) is 4.13. The number of nitrogens with zero attached hydrogens (tertiary/aromatic N) is 3. The predicted octanol–water partition coefficient (Wildman–Crippen LogP) is 14.5. The molecule has 0 saturated carbocycles. The van der Waals surface area contributed by atoms with Crippen LogP contribution < -0.4 is 0 Å². The number of pyridine rings is 1. The normalized spacial score (nSPS) is 11.3. The Labute approximate surface area is 339 Å². The smallest absolute Gasteiger partial charge is 0.160 e. The molecule has 10 aromatic rings. The summed E-state index contributed by atoms with van der Waals surface area (Å²) in [6, 6.07) is 71.2. The molecule has 0 bridgehead atoms. The molecule has 10 rings (SSSR count).